The molecule has 7 aromatic rings. The molecule has 0 atom stereocenters. The second kappa shape index (κ2) is 9.20. The van der Waals surface area contributed by atoms with Crippen molar-refractivity contribution in [2.24, 2.45) is 0 Å². The van der Waals surface area contributed by atoms with Gasteiger partial charge in [0.15, 0.2) is 0 Å². The Balaban J connectivity index is 1.41. The number of pyridine rings is 3. The lowest BCUT2D eigenvalue weighted by Crippen LogP contribution is -1.98. The Morgan fingerprint density at radius 2 is 1.16 bits per heavy atom. The predicted octanol–water partition coefficient (Wildman–Crippen LogP) is 8.56. The van der Waals surface area contributed by atoms with Crippen molar-refractivity contribution >= 4 is 32.7 Å². The number of aromatic nitrogens is 3. The van der Waals surface area contributed by atoms with Crippen molar-refractivity contribution in [1.29, 1.82) is 0 Å². The van der Waals surface area contributed by atoms with Gasteiger partial charge in [-0.2, -0.15) is 0 Å². The molecule has 0 bridgehead atoms. The molecule has 7 rings (SSSR count). The van der Waals surface area contributed by atoms with Gasteiger partial charge in [0.25, 0.3) is 0 Å². The molecule has 0 N–H and O–H groups in total. The number of para-hydroxylation sites is 1. The van der Waals surface area contributed by atoms with Crippen molar-refractivity contribution < 1.29 is 0 Å². The van der Waals surface area contributed by atoms with Crippen LogP contribution in [0.25, 0.3) is 55.2 Å². The number of hydrogen-bond donors (Lipinski definition) is 0. The third kappa shape index (κ3) is 3.99. The SMILES string of the molecule is Cc1cc(Cc2cc(-c3ccccc3)nc3ccccc23)c2ccc3ccc(-c4ccccc4)nc3c2n1. The Hall–Kier alpha value is -4.89. The highest BCUT2D eigenvalue weighted by molar-refractivity contribution is 6.05. The van der Waals surface area contributed by atoms with E-state index in [1.807, 2.05) is 24.3 Å². The molecule has 180 valence electrons. The maximum absolute atomic E-state index is 5.09. The predicted molar refractivity (Wildman–Crippen MR) is 157 cm³/mol. The van der Waals surface area contributed by atoms with Gasteiger partial charge in [-0.15, -0.1) is 0 Å². The molecule has 4 aromatic carbocycles. The van der Waals surface area contributed by atoms with Crippen LogP contribution in [0.1, 0.15) is 16.8 Å². The highest BCUT2D eigenvalue weighted by atomic mass is 14.8. The normalized spacial score (nSPS) is 11.4. The zero-order valence-electron chi connectivity index (χ0n) is 21.1. The quantitative estimate of drug-likeness (QED) is 0.233. The lowest BCUT2D eigenvalue weighted by molar-refractivity contribution is 1.17. The largest absolute Gasteiger partial charge is 0.251 e. The molecule has 3 aromatic heterocycles. The fourth-order valence-electron chi connectivity index (χ4n) is 5.36. The zero-order valence-corrected chi connectivity index (χ0v) is 21.1. The van der Waals surface area contributed by atoms with Crippen molar-refractivity contribution in [2.75, 3.05) is 0 Å². The molecule has 0 unspecified atom stereocenters. The van der Waals surface area contributed by atoms with Crippen LogP contribution in [0.5, 0.6) is 0 Å². The van der Waals surface area contributed by atoms with Gasteiger partial charge in [0.05, 0.1) is 27.9 Å². The third-order valence-corrected chi connectivity index (χ3v) is 7.17. The van der Waals surface area contributed by atoms with Gasteiger partial charge in [0, 0.05) is 33.0 Å². The average molecular weight is 488 g/mol. The van der Waals surface area contributed by atoms with Crippen LogP contribution < -0.4 is 0 Å². The molecule has 0 aliphatic carbocycles. The van der Waals surface area contributed by atoms with Gasteiger partial charge < -0.3 is 0 Å². The molecule has 0 radical (unpaired) electrons. The van der Waals surface area contributed by atoms with Crippen LogP contribution >= 0.6 is 0 Å². The Kier molecular flexibility index (Phi) is 5.41. The van der Waals surface area contributed by atoms with Gasteiger partial charge in [-0.05, 0) is 48.7 Å². The molecule has 3 nitrogen and oxygen atoms in total. The first kappa shape index (κ1) is 22.3. The first-order valence-corrected chi connectivity index (χ1v) is 12.9. The van der Waals surface area contributed by atoms with E-state index in [1.165, 1.54) is 16.5 Å². The topological polar surface area (TPSA) is 38.7 Å². The van der Waals surface area contributed by atoms with Crippen molar-refractivity contribution in [3.05, 3.63) is 138 Å². The van der Waals surface area contributed by atoms with Crippen LogP contribution in [0.2, 0.25) is 0 Å². The summed E-state index contributed by atoms with van der Waals surface area (Å²) in [4.78, 5) is 15.1. The van der Waals surface area contributed by atoms with Crippen LogP contribution in [0, 0.1) is 6.92 Å². The highest BCUT2D eigenvalue weighted by Crippen LogP contribution is 2.32. The van der Waals surface area contributed by atoms with Gasteiger partial charge in [-0.25, -0.2) is 9.97 Å². The fourth-order valence-corrected chi connectivity index (χ4v) is 5.36. The number of rotatable bonds is 4. The second-order valence-electron chi connectivity index (χ2n) is 9.75. The lowest BCUT2D eigenvalue weighted by atomic mass is 9.95. The summed E-state index contributed by atoms with van der Waals surface area (Å²) < 4.78 is 0. The Morgan fingerprint density at radius 1 is 0.500 bits per heavy atom. The molecule has 0 saturated carbocycles. The number of benzene rings is 4. The van der Waals surface area contributed by atoms with E-state index >= 15 is 0 Å². The third-order valence-electron chi connectivity index (χ3n) is 7.17. The highest BCUT2D eigenvalue weighted by Gasteiger charge is 2.14. The van der Waals surface area contributed by atoms with E-state index < -0.39 is 0 Å². The average Bonchev–Trinajstić information content (AvgIpc) is 2.97. The van der Waals surface area contributed by atoms with Crippen molar-refractivity contribution in [3.63, 3.8) is 0 Å². The van der Waals surface area contributed by atoms with E-state index in [4.69, 9.17) is 15.0 Å². The maximum atomic E-state index is 5.09. The van der Waals surface area contributed by atoms with Crippen LogP contribution in [-0.2, 0) is 6.42 Å². The standard InChI is InChI=1S/C35H25N3/c1-23-20-27(21-28-22-33(25-12-6-3-7-13-25)37-32-15-9-8-14-29(28)32)30-18-16-26-17-19-31(24-10-4-2-5-11-24)38-34(26)35(30)36-23/h2-20,22H,21H2,1H3. The summed E-state index contributed by atoms with van der Waals surface area (Å²) in [5.74, 6) is 0. The minimum atomic E-state index is 0.784. The first-order chi connectivity index (χ1) is 18.7. The summed E-state index contributed by atoms with van der Waals surface area (Å²) in [5.41, 5.74) is 10.6. The fraction of sp³-hybridized carbons (Fsp3) is 0.0571. The van der Waals surface area contributed by atoms with Crippen LogP contribution in [0.4, 0.5) is 0 Å². The summed E-state index contributed by atoms with van der Waals surface area (Å²) in [6, 6.07) is 42.2. The van der Waals surface area contributed by atoms with Gasteiger partial charge in [-0.3, -0.25) is 4.98 Å². The summed E-state index contributed by atoms with van der Waals surface area (Å²) in [5, 5.41) is 3.42. The molecule has 0 amide bonds. The second-order valence-corrected chi connectivity index (χ2v) is 9.75. The number of aryl methyl sites for hydroxylation is 1. The molecule has 3 heteroatoms. The minimum Gasteiger partial charge on any atom is -0.251 e. The molecular weight excluding hydrogens is 462 g/mol. The molecule has 0 fully saturated rings. The van der Waals surface area contributed by atoms with E-state index in [-0.39, 0.29) is 0 Å². The molecule has 0 aliphatic rings. The van der Waals surface area contributed by atoms with E-state index in [0.29, 0.717) is 0 Å². The lowest BCUT2D eigenvalue weighted by Gasteiger charge is -2.14. The number of nitrogens with zero attached hydrogens (tertiary/aromatic N) is 3. The van der Waals surface area contributed by atoms with Gasteiger partial charge in [0.2, 0.25) is 0 Å². The Bertz CT molecular complexity index is 1940. The zero-order chi connectivity index (χ0) is 25.5. The first-order valence-electron chi connectivity index (χ1n) is 12.9. The molecule has 38 heavy (non-hydrogen) atoms. The van der Waals surface area contributed by atoms with Crippen LogP contribution in [0.15, 0.2) is 121 Å². The van der Waals surface area contributed by atoms with Gasteiger partial charge in [-0.1, -0.05) is 97.1 Å². The smallest absolute Gasteiger partial charge is 0.0972 e. The van der Waals surface area contributed by atoms with E-state index in [0.717, 1.165) is 62.0 Å². The number of fused-ring (bicyclic) bond motifs is 4. The van der Waals surface area contributed by atoms with Crippen LogP contribution in [0.3, 0.4) is 0 Å². The van der Waals surface area contributed by atoms with Crippen LogP contribution in [-0.4, -0.2) is 15.0 Å². The summed E-state index contributed by atoms with van der Waals surface area (Å²) in [6.45, 7) is 2.07. The molecule has 0 saturated heterocycles. The molecular formula is C35H25N3. The summed E-state index contributed by atoms with van der Waals surface area (Å²) >= 11 is 0. The maximum Gasteiger partial charge on any atom is 0.0972 e. The van der Waals surface area contributed by atoms with Gasteiger partial charge in [0.1, 0.15) is 0 Å². The van der Waals surface area contributed by atoms with E-state index in [2.05, 4.69) is 104 Å². The summed E-state index contributed by atoms with van der Waals surface area (Å²) in [7, 11) is 0. The van der Waals surface area contributed by atoms with Gasteiger partial charge >= 0.3 is 0 Å². The molecule has 0 aliphatic heterocycles. The molecule has 3 heterocycles. The number of hydrogen-bond acceptors (Lipinski definition) is 3. The van der Waals surface area contributed by atoms with E-state index in [9.17, 15) is 0 Å². The van der Waals surface area contributed by atoms with Crippen molar-refractivity contribution in [1.82, 2.24) is 15.0 Å². The van der Waals surface area contributed by atoms with Crippen molar-refractivity contribution in [2.45, 2.75) is 13.3 Å². The van der Waals surface area contributed by atoms with E-state index in [1.54, 1.807) is 0 Å². The Morgan fingerprint density at radius 3 is 1.95 bits per heavy atom. The Labute approximate surface area is 221 Å². The molecule has 0 spiro atoms. The summed E-state index contributed by atoms with van der Waals surface area (Å²) in [6.07, 6.45) is 0.784. The van der Waals surface area contributed by atoms with Crippen molar-refractivity contribution in [3.8, 4) is 22.5 Å². The monoisotopic (exact) mass is 487 g/mol. The minimum absolute atomic E-state index is 0.784.